The van der Waals surface area contributed by atoms with Crippen LogP contribution in [0, 0.1) is 37.1 Å². The standard InChI is InChI=1S/C21H21F4NO2/c1-4-5-6-11-26(20(27)16-14(22)9-7-12(2)18(16)24)21(28)17-15(23)10-8-13(3)19(17)25/h7-10H,4-6,11H2,1-3H3. The average molecular weight is 395 g/mol. The van der Waals surface area contributed by atoms with Crippen molar-refractivity contribution in [3.8, 4) is 0 Å². The van der Waals surface area contributed by atoms with Crippen LogP contribution in [0.15, 0.2) is 24.3 Å². The molecule has 0 aliphatic carbocycles. The largest absolute Gasteiger partial charge is 0.274 e. The number of carbonyl (C=O) groups is 2. The van der Waals surface area contributed by atoms with Gasteiger partial charge >= 0.3 is 0 Å². The first kappa shape index (κ1) is 21.6. The van der Waals surface area contributed by atoms with Gasteiger partial charge in [0.15, 0.2) is 0 Å². The molecule has 0 radical (unpaired) electrons. The number of amides is 2. The first-order valence-corrected chi connectivity index (χ1v) is 8.96. The van der Waals surface area contributed by atoms with Gasteiger partial charge in [0, 0.05) is 6.54 Å². The zero-order chi connectivity index (χ0) is 21.0. The molecule has 7 heteroatoms. The van der Waals surface area contributed by atoms with Crippen LogP contribution in [-0.2, 0) is 0 Å². The molecule has 2 rings (SSSR count). The number of hydrogen-bond acceptors (Lipinski definition) is 2. The number of imide groups is 1. The Hall–Kier alpha value is -2.70. The molecular formula is C21H21F4NO2. The molecule has 0 aliphatic rings. The van der Waals surface area contributed by atoms with Crippen molar-refractivity contribution in [1.82, 2.24) is 4.90 Å². The van der Waals surface area contributed by atoms with E-state index in [2.05, 4.69) is 0 Å². The zero-order valence-corrected chi connectivity index (χ0v) is 15.9. The molecule has 150 valence electrons. The first-order chi connectivity index (χ1) is 13.2. The molecule has 0 heterocycles. The van der Waals surface area contributed by atoms with E-state index in [1.54, 1.807) is 0 Å². The van der Waals surface area contributed by atoms with Crippen LogP contribution in [-0.4, -0.2) is 23.3 Å². The molecule has 2 aromatic rings. The summed E-state index contributed by atoms with van der Waals surface area (Å²) >= 11 is 0. The summed E-state index contributed by atoms with van der Waals surface area (Å²) in [6.45, 7) is 4.35. The number of unbranched alkanes of at least 4 members (excludes halogenated alkanes) is 2. The maximum atomic E-state index is 14.4. The molecule has 0 atom stereocenters. The second-order valence-corrected chi connectivity index (χ2v) is 6.58. The first-order valence-electron chi connectivity index (χ1n) is 8.96. The summed E-state index contributed by atoms with van der Waals surface area (Å²) in [5.74, 6) is -7.04. The van der Waals surface area contributed by atoms with E-state index in [-0.39, 0.29) is 17.7 Å². The van der Waals surface area contributed by atoms with Crippen molar-refractivity contribution in [2.75, 3.05) is 6.54 Å². The van der Waals surface area contributed by atoms with Gasteiger partial charge in [0.05, 0.1) is 0 Å². The van der Waals surface area contributed by atoms with Crippen LogP contribution in [0.5, 0.6) is 0 Å². The number of carbonyl (C=O) groups excluding carboxylic acids is 2. The van der Waals surface area contributed by atoms with Gasteiger partial charge in [-0.3, -0.25) is 14.5 Å². The topological polar surface area (TPSA) is 37.4 Å². The van der Waals surface area contributed by atoms with Crippen molar-refractivity contribution in [1.29, 1.82) is 0 Å². The summed E-state index contributed by atoms with van der Waals surface area (Å²) in [5, 5.41) is 0. The zero-order valence-electron chi connectivity index (χ0n) is 15.9. The van der Waals surface area contributed by atoms with Crippen LogP contribution in [0.25, 0.3) is 0 Å². The summed E-state index contributed by atoms with van der Waals surface area (Å²) in [6, 6.07) is 4.14. The second-order valence-electron chi connectivity index (χ2n) is 6.58. The van der Waals surface area contributed by atoms with E-state index in [9.17, 15) is 27.2 Å². The highest BCUT2D eigenvalue weighted by Gasteiger charge is 2.32. The SMILES string of the molecule is CCCCCN(C(=O)c1c(F)ccc(C)c1F)C(=O)c1c(F)ccc(C)c1F. The molecule has 0 spiro atoms. The minimum atomic E-state index is -1.26. The quantitative estimate of drug-likeness (QED) is 0.377. The van der Waals surface area contributed by atoms with Gasteiger partial charge in [-0.05, 0) is 43.5 Å². The third-order valence-electron chi connectivity index (χ3n) is 4.47. The van der Waals surface area contributed by atoms with Gasteiger partial charge in [0.1, 0.15) is 34.4 Å². The van der Waals surface area contributed by atoms with Gasteiger partial charge in [-0.2, -0.15) is 0 Å². The molecule has 0 saturated carbocycles. The lowest BCUT2D eigenvalue weighted by Gasteiger charge is -2.22. The van der Waals surface area contributed by atoms with Crippen molar-refractivity contribution in [3.05, 3.63) is 69.8 Å². The summed E-state index contributed by atoms with van der Waals surface area (Å²) in [6.07, 6.45) is 1.70. The van der Waals surface area contributed by atoms with Gasteiger partial charge in [0.2, 0.25) is 0 Å². The molecule has 2 amide bonds. The second kappa shape index (κ2) is 8.99. The van der Waals surface area contributed by atoms with Gasteiger partial charge < -0.3 is 0 Å². The van der Waals surface area contributed by atoms with E-state index < -0.39 is 46.2 Å². The summed E-state index contributed by atoms with van der Waals surface area (Å²) in [7, 11) is 0. The fourth-order valence-electron chi connectivity index (χ4n) is 2.79. The number of benzene rings is 2. The Morgan fingerprint density at radius 2 is 1.21 bits per heavy atom. The number of rotatable bonds is 6. The van der Waals surface area contributed by atoms with E-state index >= 15 is 0 Å². The third kappa shape index (κ3) is 4.24. The molecule has 0 saturated heterocycles. The number of hydrogen-bond donors (Lipinski definition) is 0. The van der Waals surface area contributed by atoms with Crippen LogP contribution in [0.4, 0.5) is 17.6 Å². The van der Waals surface area contributed by atoms with E-state index in [4.69, 9.17) is 0 Å². The monoisotopic (exact) mass is 395 g/mol. The maximum absolute atomic E-state index is 14.4. The predicted octanol–water partition coefficient (Wildman–Crippen LogP) is 5.33. The van der Waals surface area contributed by atoms with Crippen LogP contribution in [0.2, 0.25) is 0 Å². The fraction of sp³-hybridized carbons (Fsp3) is 0.333. The number of halogens is 4. The summed E-state index contributed by atoms with van der Waals surface area (Å²) < 4.78 is 57.1. The average Bonchev–Trinajstić information content (AvgIpc) is 2.65. The minimum absolute atomic E-state index is 0.0126. The number of aryl methyl sites for hydroxylation is 2. The summed E-state index contributed by atoms with van der Waals surface area (Å²) in [5.41, 5.74) is -1.81. The van der Waals surface area contributed by atoms with Crippen molar-refractivity contribution in [2.45, 2.75) is 40.0 Å². The van der Waals surface area contributed by atoms with Crippen LogP contribution < -0.4 is 0 Å². The van der Waals surface area contributed by atoms with Crippen LogP contribution in [0.3, 0.4) is 0 Å². The lowest BCUT2D eigenvalue weighted by Crippen LogP contribution is -2.39. The molecule has 0 aliphatic heterocycles. The Balaban J connectivity index is 2.54. The molecule has 0 unspecified atom stereocenters. The molecule has 0 bridgehead atoms. The highest BCUT2D eigenvalue weighted by molar-refractivity contribution is 6.10. The molecule has 0 fully saturated rings. The molecule has 28 heavy (non-hydrogen) atoms. The lowest BCUT2D eigenvalue weighted by molar-refractivity contribution is 0.0602. The highest BCUT2D eigenvalue weighted by atomic mass is 19.1. The maximum Gasteiger partial charge on any atom is 0.266 e. The molecule has 3 nitrogen and oxygen atoms in total. The molecule has 2 aromatic carbocycles. The van der Waals surface area contributed by atoms with Gasteiger partial charge in [0.25, 0.3) is 11.8 Å². The Bertz CT molecular complexity index is 842. The fourth-order valence-corrected chi connectivity index (χ4v) is 2.79. The Morgan fingerprint density at radius 1 is 0.786 bits per heavy atom. The van der Waals surface area contributed by atoms with Gasteiger partial charge in [-0.25, -0.2) is 17.6 Å². The van der Waals surface area contributed by atoms with Crippen molar-refractivity contribution >= 4 is 11.8 Å². The smallest absolute Gasteiger partial charge is 0.266 e. The third-order valence-corrected chi connectivity index (χ3v) is 4.47. The van der Waals surface area contributed by atoms with Crippen molar-refractivity contribution < 1.29 is 27.2 Å². The Labute approximate surface area is 161 Å². The van der Waals surface area contributed by atoms with E-state index in [1.807, 2.05) is 6.92 Å². The summed E-state index contributed by atoms with van der Waals surface area (Å²) in [4.78, 5) is 26.2. The van der Waals surface area contributed by atoms with E-state index in [0.717, 1.165) is 30.7 Å². The lowest BCUT2D eigenvalue weighted by atomic mass is 10.1. The molecular weight excluding hydrogens is 374 g/mol. The van der Waals surface area contributed by atoms with E-state index in [1.165, 1.54) is 13.8 Å². The Kier molecular flexibility index (Phi) is 6.94. The predicted molar refractivity (Wildman–Crippen MR) is 97.1 cm³/mol. The molecule has 0 aromatic heterocycles. The minimum Gasteiger partial charge on any atom is -0.274 e. The number of nitrogens with zero attached hydrogens (tertiary/aromatic N) is 1. The highest BCUT2D eigenvalue weighted by Crippen LogP contribution is 2.23. The molecule has 0 N–H and O–H groups in total. The van der Waals surface area contributed by atoms with Crippen molar-refractivity contribution in [3.63, 3.8) is 0 Å². The van der Waals surface area contributed by atoms with Crippen molar-refractivity contribution in [2.24, 2.45) is 0 Å². The normalized spacial score (nSPS) is 10.8. The Morgan fingerprint density at radius 3 is 1.61 bits per heavy atom. The van der Waals surface area contributed by atoms with Gasteiger partial charge in [-0.15, -0.1) is 0 Å². The van der Waals surface area contributed by atoms with E-state index in [0.29, 0.717) is 17.7 Å². The van der Waals surface area contributed by atoms with Crippen LogP contribution in [0.1, 0.15) is 58.0 Å². The van der Waals surface area contributed by atoms with Gasteiger partial charge in [-0.1, -0.05) is 31.9 Å². The van der Waals surface area contributed by atoms with Crippen LogP contribution >= 0.6 is 0 Å².